The van der Waals surface area contributed by atoms with Crippen molar-refractivity contribution in [2.75, 3.05) is 13.7 Å². The first-order chi connectivity index (χ1) is 11.0. The summed E-state index contributed by atoms with van der Waals surface area (Å²) in [7, 11) is 1.53. The van der Waals surface area contributed by atoms with Gasteiger partial charge in [0.15, 0.2) is 11.5 Å². The first kappa shape index (κ1) is 16.9. The van der Waals surface area contributed by atoms with Gasteiger partial charge in [-0.1, -0.05) is 12.1 Å². The van der Waals surface area contributed by atoms with Gasteiger partial charge in [-0.15, -0.1) is 10.2 Å². The van der Waals surface area contributed by atoms with Crippen molar-refractivity contribution in [1.82, 2.24) is 10.2 Å². The van der Waals surface area contributed by atoms with Crippen LogP contribution in [0.4, 0.5) is 0 Å². The van der Waals surface area contributed by atoms with Gasteiger partial charge in [0, 0.05) is 12.5 Å². The monoisotopic (exact) mass is 336 g/mol. The predicted octanol–water partition coefficient (Wildman–Crippen LogP) is 3.00. The van der Waals surface area contributed by atoms with E-state index in [4.69, 9.17) is 13.9 Å². The van der Waals surface area contributed by atoms with E-state index in [1.807, 2.05) is 6.92 Å². The number of carbonyl (C=O) groups is 1. The fourth-order valence-corrected chi connectivity index (χ4v) is 2.50. The molecule has 0 aliphatic rings. The van der Waals surface area contributed by atoms with Gasteiger partial charge in [0.05, 0.1) is 13.7 Å². The second kappa shape index (κ2) is 7.68. The fourth-order valence-electron chi connectivity index (χ4n) is 1.80. The van der Waals surface area contributed by atoms with E-state index in [-0.39, 0.29) is 10.1 Å². The van der Waals surface area contributed by atoms with E-state index < -0.39 is 5.97 Å². The van der Waals surface area contributed by atoms with Crippen LogP contribution in [0.1, 0.15) is 18.4 Å². The number of hydrogen-bond acceptors (Lipinski definition) is 7. The molecule has 0 radical (unpaired) electrons. The average molecular weight is 336 g/mol. The maximum absolute atomic E-state index is 11.5. The van der Waals surface area contributed by atoms with Crippen LogP contribution in [0, 0.1) is 6.92 Å². The normalized spacial score (nSPS) is 11.3. The Balaban J connectivity index is 2.41. The molecule has 23 heavy (non-hydrogen) atoms. The summed E-state index contributed by atoms with van der Waals surface area (Å²) < 4.78 is 16.0. The lowest BCUT2D eigenvalue weighted by Gasteiger charge is -2.12. The zero-order valence-corrected chi connectivity index (χ0v) is 13.7. The number of aromatic nitrogens is 2. The van der Waals surface area contributed by atoms with E-state index in [1.165, 1.54) is 13.2 Å². The van der Waals surface area contributed by atoms with Gasteiger partial charge in [-0.3, -0.25) is 0 Å². The number of benzene rings is 1. The maximum atomic E-state index is 11.5. The van der Waals surface area contributed by atoms with Gasteiger partial charge in [-0.05, 0) is 30.8 Å². The van der Waals surface area contributed by atoms with Crippen molar-refractivity contribution >= 4 is 23.8 Å². The van der Waals surface area contributed by atoms with E-state index >= 15 is 0 Å². The van der Waals surface area contributed by atoms with Crippen molar-refractivity contribution < 1.29 is 23.8 Å². The van der Waals surface area contributed by atoms with Gasteiger partial charge in [-0.2, -0.15) is 0 Å². The molecule has 1 aromatic carbocycles. The molecule has 1 N–H and O–H groups in total. The van der Waals surface area contributed by atoms with E-state index in [0.717, 1.165) is 11.8 Å². The van der Waals surface area contributed by atoms with Gasteiger partial charge >= 0.3 is 5.97 Å². The molecule has 2 rings (SSSR count). The third-order valence-electron chi connectivity index (χ3n) is 2.72. The zero-order valence-electron chi connectivity index (χ0n) is 12.9. The molecule has 0 aliphatic carbocycles. The predicted molar refractivity (Wildman–Crippen MR) is 84.7 cm³/mol. The lowest BCUT2D eigenvalue weighted by atomic mass is 10.1. The van der Waals surface area contributed by atoms with Crippen molar-refractivity contribution in [3.63, 3.8) is 0 Å². The molecule has 1 aromatic heterocycles. The Morgan fingerprint density at radius 1 is 1.43 bits per heavy atom. The fraction of sp³-hybridized carbons (Fsp3) is 0.267. The van der Waals surface area contributed by atoms with Crippen LogP contribution in [0.3, 0.4) is 0 Å². The van der Waals surface area contributed by atoms with Crippen LogP contribution in [0.15, 0.2) is 32.7 Å². The summed E-state index contributed by atoms with van der Waals surface area (Å²) in [5, 5.41) is 17.0. The number of hydrogen-bond donors (Lipinski definition) is 1. The molecule has 0 fully saturated rings. The highest BCUT2D eigenvalue weighted by Crippen LogP contribution is 2.35. The minimum absolute atomic E-state index is 0.0304. The standard InChI is InChI=1S/C15H16N2O5S/c1-4-21-13-10(6-5-7-11(13)20-3)8-12(14(18)19)23-15-17-16-9(2)22-15/h5-8H,4H2,1-3H3,(H,18,19)/b12-8-. The van der Waals surface area contributed by atoms with Gasteiger partial charge in [0.2, 0.25) is 5.89 Å². The molecule has 0 amide bonds. The second-order valence-corrected chi connectivity index (χ2v) is 5.31. The zero-order chi connectivity index (χ0) is 16.8. The van der Waals surface area contributed by atoms with Crippen LogP contribution < -0.4 is 9.47 Å². The quantitative estimate of drug-likeness (QED) is 0.609. The van der Waals surface area contributed by atoms with Crippen LogP contribution in [0.2, 0.25) is 0 Å². The Bertz CT molecular complexity index is 726. The molecule has 0 saturated heterocycles. The number of aliphatic carboxylic acids is 1. The summed E-state index contributed by atoms with van der Waals surface area (Å²) in [6, 6.07) is 5.25. The molecule has 0 bridgehead atoms. The number of rotatable bonds is 7. The summed E-state index contributed by atoms with van der Waals surface area (Å²) >= 11 is 0.878. The number of para-hydroxylation sites is 1. The Morgan fingerprint density at radius 3 is 2.78 bits per heavy atom. The molecule has 122 valence electrons. The van der Waals surface area contributed by atoms with Gasteiger partial charge in [0.25, 0.3) is 5.22 Å². The number of carboxylic acid groups (broad SMARTS) is 1. The van der Waals surface area contributed by atoms with Gasteiger partial charge in [0.1, 0.15) is 4.91 Å². The van der Waals surface area contributed by atoms with E-state index in [0.29, 0.717) is 29.6 Å². The number of carboxylic acids is 1. The largest absolute Gasteiger partial charge is 0.493 e. The number of thioether (sulfide) groups is 1. The number of aryl methyl sites for hydroxylation is 1. The Morgan fingerprint density at radius 2 is 2.22 bits per heavy atom. The Kier molecular flexibility index (Phi) is 5.64. The number of ether oxygens (including phenoxy) is 2. The minimum atomic E-state index is -1.10. The Hall–Kier alpha value is -2.48. The van der Waals surface area contributed by atoms with E-state index in [2.05, 4.69) is 10.2 Å². The van der Waals surface area contributed by atoms with Crippen LogP contribution >= 0.6 is 11.8 Å². The number of nitrogens with zero attached hydrogens (tertiary/aromatic N) is 2. The number of methoxy groups -OCH3 is 1. The summed E-state index contributed by atoms with van der Waals surface area (Å²) in [4.78, 5) is 11.5. The molecule has 7 nitrogen and oxygen atoms in total. The highest BCUT2D eigenvalue weighted by molar-refractivity contribution is 8.03. The smallest absolute Gasteiger partial charge is 0.342 e. The van der Waals surface area contributed by atoms with Crippen molar-refractivity contribution in [2.45, 2.75) is 19.1 Å². The van der Waals surface area contributed by atoms with Crippen LogP contribution in [0.5, 0.6) is 11.5 Å². The average Bonchev–Trinajstić information content (AvgIpc) is 2.93. The highest BCUT2D eigenvalue weighted by Gasteiger charge is 2.16. The summed E-state index contributed by atoms with van der Waals surface area (Å²) in [5.74, 6) is 0.285. The highest BCUT2D eigenvalue weighted by atomic mass is 32.2. The van der Waals surface area contributed by atoms with Gasteiger partial charge in [-0.25, -0.2) is 4.79 Å². The maximum Gasteiger partial charge on any atom is 0.342 e. The molecule has 1 heterocycles. The van der Waals surface area contributed by atoms with Crippen molar-refractivity contribution in [3.8, 4) is 11.5 Å². The van der Waals surface area contributed by atoms with E-state index in [9.17, 15) is 9.90 Å². The molecular weight excluding hydrogens is 320 g/mol. The third-order valence-corrected chi connectivity index (χ3v) is 3.57. The lowest BCUT2D eigenvalue weighted by Crippen LogP contribution is -2.00. The van der Waals surface area contributed by atoms with Crippen molar-refractivity contribution in [2.24, 2.45) is 0 Å². The molecule has 0 atom stereocenters. The molecule has 0 unspecified atom stereocenters. The summed E-state index contributed by atoms with van der Waals surface area (Å²) in [5.41, 5.74) is 0.590. The molecule has 8 heteroatoms. The summed E-state index contributed by atoms with van der Waals surface area (Å²) in [6.45, 7) is 3.91. The molecule has 0 aliphatic heterocycles. The van der Waals surface area contributed by atoms with Crippen LogP contribution in [-0.4, -0.2) is 35.0 Å². The molecule has 2 aromatic rings. The topological polar surface area (TPSA) is 94.7 Å². The molecule has 0 spiro atoms. The van der Waals surface area contributed by atoms with Crippen LogP contribution in [0.25, 0.3) is 6.08 Å². The summed E-state index contributed by atoms with van der Waals surface area (Å²) in [6.07, 6.45) is 1.49. The van der Waals surface area contributed by atoms with E-state index in [1.54, 1.807) is 25.1 Å². The minimum Gasteiger partial charge on any atom is -0.493 e. The SMILES string of the molecule is CCOc1c(/C=C(\Sc2nnc(C)o2)C(=O)O)cccc1OC. The second-order valence-electron chi connectivity index (χ2n) is 4.31. The molecular formula is C15H16N2O5S. The van der Waals surface area contributed by atoms with Gasteiger partial charge < -0.3 is 19.0 Å². The first-order valence-corrected chi connectivity index (χ1v) is 7.59. The van der Waals surface area contributed by atoms with Crippen LogP contribution in [-0.2, 0) is 4.79 Å². The first-order valence-electron chi connectivity index (χ1n) is 6.78. The van der Waals surface area contributed by atoms with Crippen molar-refractivity contribution in [1.29, 1.82) is 0 Å². The Labute approximate surface area is 137 Å². The lowest BCUT2D eigenvalue weighted by molar-refractivity contribution is -0.131. The molecule has 0 saturated carbocycles. The third kappa shape index (κ3) is 4.26. The van der Waals surface area contributed by atoms with Crippen molar-refractivity contribution in [3.05, 3.63) is 34.6 Å².